The smallest absolute Gasteiger partial charge is 0.235 e. The third-order valence-corrected chi connectivity index (χ3v) is 8.95. The third-order valence-electron chi connectivity index (χ3n) is 7.91. The molecule has 2 aromatic rings. The standard InChI is InChI=1S/C24H30N2O2S/c1-15-4-5-20-21(7-15)29-23(25-20)26(14-19-3-2-6-28-19)22(27)24-11-16-8-17(12-24)10-18(9-16)13-24/h4-5,7,16-19H,2-3,6,8-14H2,1H3. The fourth-order valence-electron chi connectivity index (χ4n) is 7.03. The highest BCUT2D eigenvalue weighted by Crippen LogP contribution is 2.60. The number of amides is 1. The molecule has 1 aromatic carbocycles. The summed E-state index contributed by atoms with van der Waals surface area (Å²) in [5.74, 6) is 2.66. The van der Waals surface area contributed by atoms with Crippen molar-refractivity contribution in [2.45, 2.75) is 64.4 Å². The molecule has 7 rings (SSSR count). The molecule has 4 aliphatic carbocycles. The molecule has 154 valence electrons. The number of thiazole rings is 1. The van der Waals surface area contributed by atoms with Crippen molar-refractivity contribution in [3.8, 4) is 0 Å². The van der Waals surface area contributed by atoms with E-state index in [1.54, 1.807) is 11.3 Å². The van der Waals surface area contributed by atoms with Crippen LogP contribution in [0, 0.1) is 30.1 Å². The van der Waals surface area contributed by atoms with Crippen molar-refractivity contribution in [2.75, 3.05) is 18.1 Å². The fourth-order valence-corrected chi connectivity index (χ4v) is 8.11. The fraction of sp³-hybridized carbons (Fsp3) is 0.667. The number of aromatic nitrogens is 1. The third kappa shape index (κ3) is 3.12. The molecular weight excluding hydrogens is 380 g/mol. The largest absolute Gasteiger partial charge is 0.376 e. The summed E-state index contributed by atoms with van der Waals surface area (Å²) >= 11 is 1.67. The molecule has 0 radical (unpaired) electrons. The average molecular weight is 411 g/mol. The second-order valence-electron chi connectivity index (χ2n) is 10.2. The van der Waals surface area contributed by atoms with Crippen molar-refractivity contribution in [1.29, 1.82) is 0 Å². The molecule has 4 nitrogen and oxygen atoms in total. The first-order valence-corrected chi connectivity index (χ1v) is 12.2. The van der Waals surface area contributed by atoms with E-state index >= 15 is 0 Å². The Morgan fingerprint density at radius 3 is 2.59 bits per heavy atom. The van der Waals surface area contributed by atoms with E-state index < -0.39 is 0 Å². The van der Waals surface area contributed by atoms with E-state index in [9.17, 15) is 4.79 Å². The van der Waals surface area contributed by atoms with Gasteiger partial charge in [0.25, 0.3) is 0 Å². The van der Waals surface area contributed by atoms with Crippen LogP contribution in [0.5, 0.6) is 0 Å². The van der Waals surface area contributed by atoms with E-state index in [2.05, 4.69) is 25.1 Å². The summed E-state index contributed by atoms with van der Waals surface area (Å²) in [5.41, 5.74) is 2.11. The summed E-state index contributed by atoms with van der Waals surface area (Å²) in [5, 5.41) is 0.877. The topological polar surface area (TPSA) is 42.4 Å². The van der Waals surface area contributed by atoms with Gasteiger partial charge >= 0.3 is 0 Å². The highest BCUT2D eigenvalue weighted by Gasteiger charge is 2.56. The van der Waals surface area contributed by atoms with E-state index in [0.29, 0.717) is 12.5 Å². The van der Waals surface area contributed by atoms with Crippen LogP contribution < -0.4 is 4.90 Å². The van der Waals surface area contributed by atoms with E-state index in [4.69, 9.17) is 9.72 Å². The Morgan fingerprint density at radius 1 is 1.21 bits per heavy atom. The number of carbonyl (C=O) groups excluding carboxylic acids is 1. The molecule has 1 aromatic heterocycles. The van der Waals surface area contributed by atoms with Gasteiger partial charge in [-0.1, -0.05) is 17.4 Å². The molecule has 4 saturated carbocycles. The van der Waals surface area contributed by atoms with E-state index in [0.717, 1.165) is 67.1 Å². The summed E-state index contributed by atoms with van der Waals surface area (Å²) in [4.78, 5) is 21.1. The maximum absolute atomic E-state index is 14.2. The molecule has 0 N–H and O–H groups in total. The number of carbonyl (C=O) groups is 1. The second kappa shape index (κ2) is 6.78. The number of hydrogen-bond acceptors (Lipinski definition) is 4. The number of aryl methyl sites for hydroxylation is 1. The van der Waals surface area contributed by atoms with Gasteiger partial charge in [0.15, 0.2) is 5.13 Å². The highest BCUT2D eigenvalue weighted by atomic mass is 32.1. The number of ether oxygens (including phenoxy) is 1. The second-order valence-corrected chi connectivity index (χ2v) is 11.2. The monoisotopic (exact) mass is 410 g/mol. The molecular formula is C24H30N2O2S. The van der Waals surface area contributed by atoms with Crippen molar-refractivity contribution in [1.82, 2.24) is 4.98 Å². The molecule has 5 aliphatic rings. The number of hydrogen-bond donors (Lipinski definition) is 0. The van der Waals surface area contributed by atoms with Gasteiger partial charge in [-0.3, -0.25) is 9.69 Å². The van der Waals surface area contributed by atoms with Crippen LogP contribution in [0.4, 0.5) is 5.13 Å². The number of benzene rings is 1. The predicted octanol–water partition coefficient (Wildman–Crippen LogP) is 5.33. The van der Waals surface area contributed by atoms with Crippen LogP contribution >= 0.6 is 11.3 Å². The lowest BCUT2D eigenvalue weighted by Crippen LogP contribution is -2.55. The van der Waals surface area contributed by atoms with Crippen LogP contribution in [0.3, 0.4) is 0 Å². The number of rotatable bonds is 4. The average Bonchev–Trinajstić information content (AvgIpc) is 3.33. The van der Waals surface area contributed by atoms with Gasteiger partial charge in [-0.2, -0.15) is 0 Å². The van der Waals surface area contributed by atoms with Gasteiger partial charge in [-0.05, 0) is 93.7 Å². The number of anilines is 1. The minimum atomic E-state index is -0.138. The first-order valence-electron chi connectivity index (χ1n) is 11.4. The highest BCUT2D eigenvalue weighted by molar-refractivity contribution is 7.22. The Morgan fingerprint density at radius 2 is 1.93 bits per heavy atom. The molecule has 5 heteroatoms. The maximum Gasteiger partial charge on any atom is 0.235 e. The van der Waals surface area contributed by atoms with Crippen LogP contribution in [0.1, 0.15) is 56.9 Å². The van der Waals surface area contributed by atoms with Gasteiger partial charge in [0.1, 0.15) is 0 Å². The lowest BCUT2D eigenvalue weighted by Gasteiger charge is -2.56. The normalized spacial score (nSPS) is 35.5. The lowest BCUT2D eigenvalue weighted by atomic mass is 9.49. The zero-order valence-electron chi connectivity index (χ0n) is 17.2. The molecule has 2 heterocycles. The van der Waals surface area contributed by atoms with Crippen molar-refractivity contribution in [2.24, 2.45) is 23.2 Å². The molecule has 29 heavy (non-hydrogen) atoms. The van der Waals surface area contributed by atoms with Gasteiger partial charge in [-0.15, -0.1) is 0 Å². The van der Waals surface area contributed by atoms with Crippen LogP contribution in [-0.4, -0.2) is 30.1 Å². The molecule has 4 bridgehead atoms. The predicted molar refractivity (Wildman–Crippen MR) is 116 cm³/mol. The summed E-state index contributed by atoms with van der Waals surface area (Å²) < 4.78 is 7.13. The summed E-state index contributed by atoms with van der Waals surface area (Å²) in [7, 11) is 0. The molecule has 1 saturated heterocycles. The number of nitrogens with zero attached hydrogens (tertiary/aromatic N) is 2. The lowest BCUT2D eigenvalue weighted by molar-refractivity contribution is -0.143. The number of fused-ring (bicyclic) bond motifs is 1. The van der Waals surface area contributed by atoms with Crippen molar-refractivity contribution >= 4 is 32.6 Å². The first-order chi connectivity index (χ1) is 14.1. The Kier molecular flexibility index (Phi) is 4.28. The molecule has 1 unspecified atom stereocenters. The maximum atomic E-state index is 14.2. The Hall–Kier alpha value is -1.46. The van der Waals surface area contributed by atoms with Crippen LogP contribution in [-0.2, 0) is 9.53 Å². The van der Waals surface area contributed by atoms with Gasteiger partial charge in [0, 0.05) is 6.61 Å². The van der Waals surface area contributed by atoms with Crippen LogP contribution in [0.2, 0.25) is 0 Å². The van der Waals surface area contributed by atoms with E-state index in [-0.39, 0.29) is 11.5 Å². The zero-order chi connectivity index (χ0) is 19.6. The Labute approximate surface area is 176 Å². The zero-order valence-corrected chi connectivity index (χ0v) is 18.0. The summed E-state index contributed by atoms with van der Waals surface area (Å²) in [6.07, 6.45) is 9.69. The van der Waals surface area contributed by atoms with Crippen molar-refractivity contribution in [3.05, 3.63) is 23.8 Å². The van der Waals surface area contributed by atoms with Gasteiger partial charge in [0.2, 0.25) is 5.91 Å². The van der Waals surface area contributed by atoms with Gasteiger partial charge in [-0.25, -0.2) is 4.98 Å². The Balaban J connectivity index is 1.37. The first kappa shape index (κ1) is 18.3. The molecule has 1 atom stereocenters. The molecule has 0 spiro atoms. The minimum absolute atomic E-state index is 0.138. The van der Waals surface area contributed by atoms with Crippen LogP contribution in [0.15, 0.2) is 18.2 Å². The summed E-state index contributed by atoms with van der Waals surface area (Å²) in [6, 6.07) is 6.39. The van der Waals surface area contributed by atoms with Crippen molar-refractivity contribution in [3.63, 3.8) is 0 Å². The van der Waals surface area contributed by atoms with Crippen molar-refractivity contribution < 1.29 is 9.53 Å². The van der Waals surface area contributed by atoms with E-state index in [1.165, 1.54) is 29.5 Å². The van der Waals surface area contributed by atoms with E-state index in [1.807, 2.05) is 4.90 Å². The molecule has 1 amide bonds. The minimum Gasteiger partial charge on any atom is -0.376 e. The molecule has 5 fully saturated rings. The van der Waals surface area contributed by atoms with Gasteiger partial charge < -0.3 is 4.74 Å². The molecule has 1 aliphatic heterocycles. The van der Waals surface area contributed by atoms with Gasteiger partial charge in [0.05, 0.1) is 28.3 Å². The van der Waals surface area contributed by atoms with Crippen LogP contribution in [0.25, 0.3) is 10.2 Å². The quantitative estimate of drug-likeness (QED) is 0.684. The SMILES string of the molecule is Cc1ccc2nc(N(CC3CCCO3)C(=O)C34CC5CC(CC(C5)C3)C4)sc2c1. The summed E-state index contributed by atoms with van der Waals surface area (Å²) in [6.45, 7) is 3.60. The Bertz CT molecular complexity index is 910.